The molecule has 7 heteroatoms. The lowest BCUT2D eigenvalue weighted by molar-refractivity contribution is -0.120. The summed E-state index contributed by atoms with van der Waals surface area (Å²) in [6.07, 6.45) is 4.13. The molecule has 0 atom stereocenters. The zero-order chi connectivity index (χ0) is 19.9. The number of ether oxygens (including phenoxy) is 1. The molecule has 0 radical (unpaired) electrons. The molecule has 1 amide bonds. The summed E-state index contributed by atoms with van der Waals surface area (Å²) in [6, 6.07) is 9.07. The van der Waals surface area contributed by atoms with Crippen LogP contribution in [-0.4, -0.2) is 35.4 Å². The van der Waals surface area contributed by atoms with E-state index in [4.69, 9.17) is 4.74 Å². The quantitative estimate of drug-likeness (QED) is 0.794. The smallest absolute Gasteiger partial charge is 0.268 e. The number of piperidine rings is 1. The minimum absolute atomic E-state index is 0.0313. The van der Waals surface area contributed by atoms with Gasteiger partial charge in [0.1, 0.15) is 5.75 Å². The molecule has 3 rings (SSSR count). The first-order chi connectivity index (χ1) is 13.6. The number of nitrogens with one attached hydrogen (secondary N) is 1. The van der Waals surface area contributed by atoms with Crippen LogP contribution in [0.15, 0.2) is 41.3 Å². The molecule has 150 valence electrons. The van der Waals surface area contributed by atoms with Gasteiger partial charge in [0.05, 0.1) is 18.5 Å². The maximum atomic E-state index is 12.6. The highest BCUT2D eigenvalue weighted by atomic mass is 16.5. The van der Waals surface area contributed by atoms with Gasteiger partial charge < -0.3 is 15.0 Å². The topological polar surface area (TPSA) is 76.5 Å². The fourth-order valence-corrected chi connectivity index (χ4v) is 3.42. The predicted molar refractivity (Wildman–Crippen MR) is 110 cm³/mol. The molecule has 1 aliphatic rings. The van der Waals surface area contributed by atoms with E-state index in [-0.39, 0.29) is 17.4 Å². The zero-order valence-electron chi connectivity index (χ0n) is 16.6. The summed E-state index contributed by atoms with van der Waals surface area (Å²) in [5.41, 5.74) is 1.54. The molecule has 2 aromatic rings. The van der Waals surface area contributed by atoms with Crippen LogP contribution in [0.25, 0.3) is 0 Å². The zero-order valence-corrected chi connectivity index (χ0v) is 16.6. The van der Waals surface area contributed by atoms with E-state index in [1.54, 1.807) is 12.3 Å². The third-order valence-electron chi connectivity index (χ3n) is 4.95. The molecule has 1 saturated heterocycles. The Kier molecular flexibility index (Phi) is 6.68. The van der Waals surface area contributed by atoms with Gasteiger partial charge in [0.15, 0.2) is 0 Å². The Labute approximate surface area is 165 Å². The molecular weight excluding hydrogens is 356 g/mol. The number of benzene rings is 1. The molecule has 28 heavy (non-hydrogen) atoms. The van der Waals surface area contributed by atoms with Gasteiger partial charge in [0, 0.05) is 37.3 Å². The second kappa shape index (κ2) is 9.39. The van der Waals surface area contributed by atoms with Gasteiger partial charge in [0.2, 0.25) is 5.91 Å². The lowest BCUT2D eigenvalue weighted by Crippen LogP contribution is -2.39. The van der Waals surface area contributed by atoms with Crippen molar-refractivity contribution in [3.8, 4) is 5.75 Å². The summed E-state index contributed by atoms with van der Waals surface area (Å²) in [4.78, 5) is 26.8. The number of rotatable bonds is 7. The van der Waals surface area contributed by atoms with E-state index in [0.29, 0.717) is 13.2 Å². The molecule has 0 unspecified atom stereocenters. The molecule has 1 N–H and O–H groups in total. The number of hydrogen-bond donors (Lipinski definition) is 1. The van der Waals surface area contributed by atoms with E-state index in [1.165, 1.54) is 4.68 Å². The van der Waals surface area contributed by atoms with Gasteiger partial charge in [0.25, 0.3) is 5.56 Å². The summed E-state index contributed by atoms with van der Waals surface area (Å²) < 4.78 is 6.90. The van der Waals surface area contributed by atoms with Crippen LogP contribution < -0.4 is 20.5 Å². The summed E-state index contributed by atoms with van der Waals surface area (Å²) in [7, 11) is 0. The lowest BCUT2D eigenvalue weighted by Gasteiger charge is -2.32. The van der Waals surface area contributed by atoms with E-state index in [1.807, 2.05) is 38.1 Å². The Morgan fingerprint density at radius 1 is 1.21 bits per heavy atom. The lowest BCUT2D eigenvalue weighted by atomic mass is 9.95. The summed E-state index contributed by atoms with van der Waals surface area (Å²) in [6.45, 7) is 6.68. The van der Waals surface area contributed by atoms with Gasteiger partial charge in [-0.3, -0.25) is 9.59 Å². The average molecular weight is 384 g/mol. The molecule has 1 aliphatic heterocycles. The van der Waals surface area contributed by atoms with Crippen molar-refractivity contribution in [1.82, 2.24) is 9.78 Å². The number of carbonyl (C=O) groups excluding carboxylic acids is 1. The first-order valence-corrected chi connectivity index (χ1v) is 9.96. The molecule has 7 nitrogen and oxygen atoms in total. The van der Waals surface area contributed by atoms with E-state index < -0.39 is 0 Å². The first-order valence-electron chi connectivity index (χ1n) is 9.96. The molecule has 0 spiro atoms. The van der Waals surface area contributed by atoms with Crippen molar-refractivity contribution in [2.75, 3.05) is 29.9 Å². The van der Waals surface area contributed by atoms with Crippen molar-refractivity contribution >= 4 is 17.3 Å². The van der Waals surface area contributed by atoms with Gasteiger partial charge in [-0.25, -0.2) is 4.68 Å². The number of nitrogens with zero attached hydrogens (tertiary/aromatic N) is 3. The van der Waals surface area contributed by atoms with Crippen LogP contribution in [-0.2, 0) is 11.3 Å². The fraction of sp³-hybridized carbons (Fsp3) is 0.476. The Balaban J connectivity index is 1.53. The van der Waals surface area contributed by atoms with Crippen molar-refractivity contribution in [1.29, 1.82) is 0 Å². The van der Waals surface area contributed by atoms with Crippen LogP contribution in [0.2, 0.25) is 0 Å². The standard InChI is InChI=1S/C21H28N4O3/c1-3-11-25-20(26)14-18(15-22-25)24-12-9-16(10-13-24)21(27)23-17-5-7-19(8-6-17)28-4-2/h5-8,14-16H,3-4,9-13H2,1-2H3,(H,23,27). The maximum absolute atomic E-state index is 12.6. The third-order valence-corrected chi connectivity index (χ3v) is 4.95. The largest absolute Gasteiger partial charge is 0.494 e. The van der Waals surface area contributed by atoms with Crippen LogP contribution in [0, 0.1) is 5.92 Å². The third kappa shape index (κ3) is 4.91. The fourth-order valence-electron chi connectivity index (χ4n) is 3.42. The minimum atomic E-state index is -0.0743. The number of hydrogen-bond acceptors (Lipinski definition) is 5. The number of aryl methyl sites for hydroxylation is 1. The van der Waals surface area contributed by atoms with Crippen molar-refractivity contribution in [2.45, 2.75) is 39.7 Å². The van der Waals surface area contributed by atoms with E-state index in [9.17, 15) is 9.59 Å². The minimum Gasteiger partial charge on any atom is -0.494 e. The number of aromatic nitrogens is 2. The Bertz CT molecular complexity index is 839. The molecular formula is C21H28N4O3. The molecule has 1 fully saturated rings. The normalized spacial score (nSPS) is 14.7. The SMILES string of the molecule is CCCn1ncc(N2CCC(C(=O)Nc3ccc(OCC)cc3)CC2)cc1=O. The Morgan fingerprint density at radius 2 is 1.93 bits per heavy atom. The van der Waals surface area contributed by atoms with Crippen LogP contribution in [0.4, 0.5) is 11.4 Å². The summed E-state index contributed by atoms with van der Waals surface area (Å²) >= 11 is 0. The second-order valence-corrected chi connectivity index (χ2v) is 6.98. The second-order valence-electron chi connectivity index (χ2n) is 6.98. The van der Waals surface area contributed by atoms with E-state index in [2.05, 4.69) is 15.3 Å². The molecule has 0 aliphatic carbocycles. The van der Waals surface area contributed by atoms with Crippen molar-refractivity contribution < 1.29 is 9.53 Å². The van der Waals surface area contributed by atoms with Crippen LogP contribution in [0.3, 0.4) is 0 Å². The van der Waals surface area contributed by atoms with E-state index in [0.717, 1.165) is 49.5 Å². The van der Waals surface area contributed by atoms with Gasteiger partial charge in [-0.1, -0.05) is 6.92 Å². The van der Waals surface area contributed by atoms with Gasteiger partial charge in [-0.15, -0.1) is 0 Å². The molecule has 2 heterocycles. The van der Waals surface area contributed by atoms with Crippen LogP contribution >= 0.6 is 0 Å². The van der Waals surface area contributed by atoms with Gasteiger partial charge >= 0.3 is 0 Å². The monoisotopic (exact) mass is 384 g/mol. The van der Waals surface area contributed by atoms with Gasteiger partial charge in [-0.05, 0) is 50.5 Å². The highest BCUT2D eigenvalue weighted by Crippen LogP contribution is 2.24. The summed E-state index contributed by atoms with van der Waals surface area (Å²) in [5, 5.41) is 7.23. The first kappa shape index (κ1) is 19.9. The highest BCUT2D eigenvalue weighted by Gasteiger charge is 2.25. The van der Waals surface area contributed by atoms with Crippen molar-refractivity contribution in [3.63, 3.8) is 0 Å². The number of carbonyl (C=O) groups is 1. The number of anilines is 2. The predicted octanol–water partition coefficient (Wildman–Crippen LogP) is 2.91. The molecule has 1 aromatic heterocycles. The van der Waals surface area contributed by atoms with Crippen molar-refractivity contribution in [2.24, 2.45) is 5.92 Å². The molecule has 0 saturated carbocycles. The Hall–Kier alpha value is -2.83. The molecule has 1 aromatic carbocycles. The Morgan fingerprint density at radius 3 is 2.54 bits per heavy atom. The maximum Gasteiger partial charge on any atom is 0.268 e. The van der Waals surface area contributed by atoms with Crippen molar-refractivity contribution in [3.05, 3.63) is 46.9 Å². The van der Waals surface area contributed by atoms with Crippen LogP contribution in [0.5, 0.6) is 5.75 Å². The van der Waals surface area contributed by atoms with E-state index >= 15 is 0 Å². The molecule has 0 bridgehead atoms. The number of amides is 1. The average Bonchev–Trinajstić information content (AvgIpc) is 2.71. The van der Waals surface area contributed by atoms with Crippen LogP contribution in [0.1, 0.15) is 33.1 Å². The summed E-state index contributed by atoms with van der Waals surface area (Å²) in [5.74, 6) is 0.805. The van der Waals surface area contributed by atoms with Gasteiger partial charge in [-0.2, -0.15) is 5.10 Å². The highest BCUT2D eigenvalue weighted by molar-refractivity contribution is 5.92.